The van der Waals surface area contributed by atoms with Crippen LogP contribution in [0.1, 0.15) is 12.8 Å². The zero-order valence-electron chi connectivity index (χ0n) is 11.6. The van der Waals surface area contributed by atoms with Crippen molar-refractivity contribution in [3.05, 3.63) is 36.5 Å². The van der Waals surface area contributed by atoms with E-state index >= 15 is 0 Å². The average Bonchev–Trinajstić information content (AvgIpc) is 2.53. The van der Waals surface area contributed by atoms with Crippen molar-refractivity contribution in [3.8, 4) is 0 Å². The molecule has 0 radical (unpaired) electrons. The molecule has 1 aliphatic rings. The third-order valence-corrected chi connectivity index (χ3v) is 3.71. The summed E-state index contributed by atoms with van der Waals surface area (Å²) in [5.41, 5.74) is 2.15. The molecule has 0 spiro atoms. The van der Waals surface area contributed by atoms with E-state index < -0.39 is 0 Å². The van der Waals surface area contributed by atoms with Crippen LogP contribution < -0.4 is 10.6 Å². The van der Waals surface area contributed by atoms with Crippen LogP contribution in [0.3, 0.4) is 0 Å². The maximum Gasteiger partial charge on any atom is 0.0722 e. The van der Waals surface area contributed by atoms with Crippen LogP contribution in [0.15, 0.2) is 36.5 Å². The van der Waals surface area contributed by atoms with Gasteiger partial charge in [-0.25, -0.2) is 0 Å². The first-order valence-corrected chi connectivity index (χ1v) is 7.33. The number of benzene rings is 1. The first-order chi connectivity index (χ1) is 9.93. The molecule has 106 valence electrons. The first-order valence-electron chi connectivity index (χ1n) is 7.33. The molecule has 3 rings (SSSR count). The van der Waals surface area contributed by atoms with Gasteiger partial charge in [0.05, 0.1) is 18.2 Å². The van der Waals surface area contributed by atoms with Gasteiger partial charge in [0, 0.05) is 23.8 Å². The molecule has 0 saturated carbocycles. The van der Waals surface area contributed by atoms with Crippen molar-refractivity contribution >= 4 is 16.6 Å². The van der Waals surface area contributed by atoms with Crippen LogP contribution >= 0.6 is 0 Å². The molecule has 2 N–H and O–H groups in total. The monoisotopic (exact) mass is 271 g/mol. The summed E-state index contributed by atoms with van der Waals surface area (Å²) in [7, 11) is 0. The maximum atomic E-state index is 5.90. The highest BCUT2D eigenvalue weighted by atomic mass is 16.5. The van der Waals surface area contributed by atoms with Gasteiger partial charge in [0.1, 0.15) is 0 Å². The second-order valence-corrected chi connectivity index (χ2v) is 5.12. The quantitative estimate of drug-likeness (QED) is 0.820. The van der Waals surface area contributed by atoms with Crippen molar-refractivity contribution in [2.75, 3.05) is 31.6 Å². The van der Waals surface area contributed by atoms with Crippen molar-refractivity contribution in [2.24, 2.45) is 0 Å². The topological polar surface area (TPSA) is 46.2 Å². The number of aromatic nitrogens is 1. The number of pyridine rings is 1. The van der Waals surface area contributed by atoms with E-state index in [0.717, 1.165) is 55.7 Å². The number of rotatable bonds is 5. The van der Waals surface area contributed by atoms with Gasteiger partial charge in [-0.1, -0.05) is 18.2 Å². The number of hydrogen-bond acceptors (Lipinski definition) is 4. The third kappa shape index (κ3) is 3.26. The van der Waals surface area contributed by atoms with Gasteiger partial charge in [0.25, 0.3) is 0 Å². The first kappa shape index (κ1) is 13.3. The molecule has 0 atom stereocenters. The molecule has 2 aromatic rings. The van der Waals surface area contributed by atoms with E-state index in [1.54, 1.807) is 0 Å². The summed E-state index contributed by atoms with van der Waals surface area (Å²) in [5.74, 6) is 0. The molecule has 1 aliphatic heterocycles. The van der Waals surface area contributed by atoms with Crippen molar-refractivity contribution in [1.82, 2.24) is 10.3 Å². The number of nitrogens with zero attached hydrogens (tertiary/aromatic N) is 1. The molecule has 1 saturated heterocycles. The van der Waals surface area contributed by atoms with Crippen LogP contribution in [0, 0.1) is 0 Å². The minimum Gasteiger partial charge on any atom is -0.382 e. The van der Waals surface area contributed by atoms with Crippen molar-refractivity contribution < 1.29 is 4.74 Å². The van der Waals surface area contributed by atoms with E-state index in [0.29, 0.717) is 6.10 Å². The number of para-hydroxylation sites is 1. The summed E-state index contributed by atoms with van der Waals surface area (Å²) in [6.07, 6.45) is 4.52. The van der Waals surface area contributed by atoms with Crippen LogP contribution in [0.5, 0.6) is 0 Å². The highest BCUT2D eigenvalue weighted by molar-refractivity contribution is 5.90. The van der Waals surface area contributed by atoms with Gasteiger partial charge >= 0.3 is 0 Å². The van der Waals surface area contributed by atoms with E-state index in [4.69, 9.17) is 4.74 Å². The summed E-state index contributed by atoms with van der Waals surface area (Å²) in [5, 5.41) is 7.96. The standard InChI is InChI=1S/C16H21N3O/c1-2-4-15-14(3-1)16(7-10-18-15)19-11-12-20-13-5-8-17-9-6-13/h1-4,7,10,13,17H,5-6,8-9,11-12H2,(H,18,19). The fraction of sp³-hybridized carbons (Fsp3) is 0.438. The van der Waals surface area contributed by atoms with Crippen molar-refractivity contribution in [3.63, 3.8) is 0 Å². The molecule has 4 nitrogen and oxygen atoms in total. The van der Waals surface area contributed by atoms with Crippen molar-refractivity contribution in [2.45, 2.75) is 18.9 Å². The highest BCUT2D eigenvalue weighted by Crippen LogP contribution is 2.20. The largest absolute Gasteiger partial charge is 0.382 e. The molecule has 0 amide bonds. The van der Waals surface area contributed by atoms with Gasteiger partial charge < -0.3 is 15.4 Å². The summed E-state index contributed by atoms with van der Waals surface area (Å²) < 4.78 is 5.90. The van der Waals surface area contributed by atoms with Crippen molar-refractivity contribution in [1.29, 1.82) is 0 Å². The molecule has 1 fully saturated rings. The molecule has 1 aromatic heterocycles. The number of nitrogens with one attached hydrogen (secondary N) is 2. The smallest absolute Gasteiger partial charge is 0.0722 e. The lowest BCUT2D eigenvalue weighted by molar-refractivity contribution is 0.0394. The Morgan fingerprint density at radius 1 is 1.20 bits per heavy atom. The van der Waals surface area contributed by atoms with E-state index in [1.165, 1.54) is 0 Å². The fourth-order valence-electron chi connectivity index (χ4n) is 2.62. The summed E-state index contributed by atoms with van der Waals surface area (Å²) in [6, 6.07) is 10.2. The Morgan fingerprint density at radius 3 is 2.95 bits per heavy atom. The Hall–Kier alpha value is -1.65. The lowest BCUT2D eigenvalue weighted by atomic mass is 10.1. The molecule has 0 unspecified atom stereocenters. The van der Waals surface area contributed by atoms with Gasteiger partial charge in [-0.15, -0.1) is 0 Å². The van der Waals surface area contributed by atoms with Gasteiger partial charge in [-0.2, -0.15) is 0 Å². The number of fused-ring (bicyclic) bond motifs is 1. The lowest BCUT2D eigenvalue weighted by Crippen LogP contribution is -2.33. The minimum atomic E-state index is 0.423. The minimum absolute atomic E-state index is 0.423. The Bertz CT molecular complexity index is 547. The van der Waals surface area contributed by atoms with Crippen LogP contribution in [-0.2, 0) is 4.74 Å². The predicted octanol–water partition coefficient (Wildman–Crippen LogP) is 2.42. The second-order valence-electron chi connectivity index (χ2n) is 5.12. The zero-order valence-corrected chi connectivity index (χ0v) is 11.6. The Morgan fingerprint density at radius 2 is 2.05 bits per heavy atom. The molecule has 20 heavy (non-hydrogen) atoms. The zero-order chi connectivity index (χ0) is 13.6. The van der Waals surface area contributed by atoms with Crippen LogP contribution in [0.2, 0.25) is 0 Å². The fourth-order valence-corrected chi connectivity index (χ4v) is 2.62. The van der Waals surface area contributed by atoms with Crippen LogP contribution in [-0.4, -0.2) is 37.3 Å². The van der Waals surface area contributed by atoms with E-state index in [1.807, 2.05) is 30.5 Å². The van der Waals surface area contributed by atoms with Gasteiger partial charge in [-0.3, -0.25) is 4.98 Å². The molecule has 1 aromatic carbocycles. The molecule has 4 heteroatoms. The number of piperidine rings is 1. The normalized spacial score (nSPS) is 16.4. The summed E-state index contributed by atoms with van der Waals surface area (Å²) in [4.78, 5) is 4.37. The SMILES string of the molecule is c1ccc2c(NCCOC3CCNCC3)ccnc2c1. The Kier molecular flexibility index (Phi) is 4.46. The summed E-state index contributed by atoms with van der Waals surface area (Å²) in [6.45, 7) is 3.74. The van der Waals surface area contributed by atoms with E-state index in [9.17, 15) is 0 Å². The van der Waals surface area contributed by atoms with E-state index in [2.05, 4.69) is 21.7 Å². The average molecular weight is 271 g/mol. The molecule has 2 heterocycles. The lowest BCUT2D eigenvalue weighted by Gasteiger charge is -2.23. The predicted molar refractivity (Wildman–Crippen MR) is 82.1 cm³/mol. The Labute approximate surface area is 119 Å². The van der Waals surface area contributed by atoms with Gasteiger partial charge in [-0.05, 0) is 38.1 Å². The number of anilines is 1. The number of ether oxygens (including phenoxy) is 1. The molecule has 0 aliphatic carbocycles. The molecule has 0 bridgehead atoms. The van der Waals surface area contributed by atoms with Crippen LogP contribution in [0.25, 0.3) is 10.9 Å². The van der Waals surface area contributed by atoms with E-state index in [-0.39, 0.29) is 0 Å². The Balaban J connectivity index is 1.52. The molecular weight excluding hydrogens is 250 g/mol. The molecular formula is C16H21N3O. The maximum absolute atomic E-state index is 5.90. The summed E-state index contributed by atoms with van der Waals surface area (Å²) >= 11 is 0. The highest BCUT2D eigenvalue weighted by Gasteiger charge is 2.12. The van der Waals surface area contributed by atoms with Gasteiger partial charge in [0.15, 0.2) is 0 Å². The van der Waals surface area contributed by atoms with Gasteiger partial charge in [0.2, 0.25) is 0 Å². The second kappa shape index (κ2) is 6.68. The number of hydrogen-bond donors (Lipinski definition) is 2. The van der Waals surface area contributed by atoms with Crippen LogP contribution in [0.4, 0.5) is 5.69 Å². The third-order valence-electron chi connectivity index (χ3n) is 3.71.